The Morgan fingerprint density at radius 1 is 1.21 bits per heavy atom. The number of aromatic nitrogens is 1. The second kappa shape index (κ2) is 6.85. The number of nitrogens with one attached hydrogen (secondary N) is 1. The van der Waals surface area contributed by atoms with Gasteiger partial charge in [-0.2, -0.15) is 0 Å². The van der Waals surface area contributed by atoms with Crippen molar-refractivity contribution in [3.63, 3.8) is 0 Å². The first-order valence-corrected chi connectivity index (χ1v) is 8.28. The van der Waals surface area contributed by atoms with E-state index in [0.717, 1.165) is 13.0 Å². The molecule has 1 heterocycles. The van der Waals surface area contributed by atoms with Gasteiger partial charge in [0.15, 0.2) is 0 Å². The van der Waals surface area contributed by atoms with Gasteiger partial charge in [-0.15, -0.1) is 11.3 Å². The van der Waals surface area contributed by atoms with Crippen molar-refractivity contribution in [3.8, 4) is 0 Å². The lowest BCUT2D eigenvalue weighted by Gasteiger charge is -2.19. The van der Waals surface area contributed by atoms with Crippen LogP contribution in [-0.4, -0.2) is 11.0 Å². The molecular weight excluding hydrogens is 252 g/mol. The Hall–Kier alpha value is -0.410. The molecular formula is C16H30N2S. The van der Waals surface area contributed by atoms with E-state index in [0.29, 0.717) is 12.0 Å². The average molecular weight is 282 g/mol. The number of nitrogens with zero attached hydrogens (tertiary/aromatic N) is 1. The summed E-state index contributed by atoms with van der Waals surface area (Å²) in [6, 6.07) is 0.573. The van der Waals surface area contributed by atoms with Crippen molar-refractivity contribution in [2.75, 3.05) is 0 Å². The first-order valence-electron chi connectivity index (χ1n) is 7.46. The summed E-state index contributed by atoms with van der Waals surface area (Å²) in [6.07, 6.45) is 2.26. The topological polar surface area (TPSA) is 24.9 Å². The molecule has 1 aromatic heterocycles. The number of thiazole rings is 1. The fraction of sp³-hybridized carbons (Fsp3) is 0.812. The Morgan fingerprint density at radius 2 is 1.84 bits per heavy atom. The predicted molar refractivity (Wildman–Crippen MR) is 85.9 cm³/mol. The van der Waals surface area contributed by atoms with Gasteiger partial charge in [0.25, 0.3) is 0 Å². The first kappa shape index (κ1) is 16.6. The van der Waals surface area contributed by atoms with Gasteiger partial charge in [-0.1, -0.05) is 41.5 Å². The van der Waals surface area contributed by atoms with Crippen LogP contribution in [0.15, 0.2) is 0 Å². The van der Waals surface area contributed by atoms with E-state index >= 15 is 0 Å². The quantitative estimate of drug-likeness (QED) is 0.829. The summed E-state index contributed by atoms with van der Waals surface area (Å²) in [4.78, 5) is 6.32. The van der Waals surface area contributed by atoms with Crippen molar-refractivity contribution in [2.24, 2.45) is 5.92 Å². The third kappa shape index (κ3) is 5.23. The molecule has 0 saturated heterocycles. The maximum Gasteiger partial charge on any atom is 0.0934 e. The first-order chi connectivity index (χ1) is 8.74. The van der Waals surface area contributed by atoms with E-state index in [1.54, 1.807) is 0 Å². The van der Waals surface area contributed by atoms with E-state index in [1.165, 1.54) is 22.0 Å². The fourth-order valence-electron chi connectivity index (χ4n) is 1.95. The minimum Gasteiger partial charge on any atom is -0.309 e. The molecule has 0 aliphatic rings. The van der Waals surface area contributed by atoms with Crippen LogP contribution in [0.4, 0.5) is 0 Å². The summed E-state index contributed by atoms with van der Waals surface area (Å²) in [6.45, 7) is 16.7. The van der Waals surface area contributed by atoms with Crippen LogP contribution in [0.3, 0.4) is 0 Å². The molecule has 0 amide bonds. The second-order valence-corrected chi connectivity index (χ2v) is 8.09. The molecule has 2 nitrogen and oxygen atoms in total. The molecule has 1 aromatic rings. The van der Waals surface area contributed by atoms with Crippen LogP contribution in [0, 0.1) is 5.92 Å². The molecule has 1 N–H and O–H groups in total. The molecule has 0 saturated carbocycles. The molecule has 3 heteroatoms. The maximum absolute atomic E-state index is 4.90. The highest BCUT2D eigenvalue weighted by atomic mass is 32.1. The predicted octanol–water partition coefficient (Wildman–Crippen LogP) is 4.53. The zero-order valence-electron chi connectivity index (χ0n) is 13.6. The standard InChI is InChI=1S/C16H30N2S/c1-8-12(4)17-10-13-15(16(5,6)7)18-14(19-13)9-11(2)3/h11-12,17H,8-10H2,1-7H3. The summed E-state index contributed by atoms with van der Waals surface area (Å²) >= 11 is 1.89. The van der Waals surface area contributed by atoms with E-state index in [1.807, 2.05) is 11.3 Å². The van der Waals surface area contributed by atoms with Gasteiger partial charge in [0.1, 0.15) is 0 Å². The summed E-state index contributed by atoms with van der Waals surface area (Å²) < 4.78 is 0. The van der Waals surface area contributed by atoms with E-state index < -0.39 is 0 Å². The van der Waals surface area contributed by atoms with Gasteiger partial charge >= 0.3 is 0 Å². The van der Waals surface area contributed by atoms with Gasteiger partial charge in [0.05, 0.1) is 10.7 Å². The van der Waals surface area contributed by atoms with E-state index in [2.05, 4.69) is 53.8 Å². The van der Waals surface area contributed by atoms with E-state index in [-0.39, 0.29) is 5.41 Å². The summed E-state index contributed by atoms with van der Waals surface area (Å²) in [7, 11) is 0. The minimum atomic E-state index is 0.137. The Balaban J connectivity index is 2.90. The molecule has 19 heavy (non-hydrogen) atoms. The summed E-state index contributed by atoms with van der Waals surface area (Å²) in [5, 5.41) is 4.89. The Kier molecular flexibility index (Phi) is 6.00. The third-order valence-corrected chi connectivity index (χ3v) is 4.34. The zero-order chi connectivity index (χ0) is 14.6. The van der Waals surface area contributed by atoms with E-state index in [4.69, 9.17) is 4.98 Å². The smallest absolute Gasteiger partial charge is 0.0934 e. The SMILES string of the molecule is CCC(C)NCc1sc(CC(C)C)nc1C(C)(C)C. The van der Waals surface area contributed by atoms with Gasteiger partial charge in [-0.05, 0) is 19.3 Å². The molecule has 0 bridgehead atoms. The molecule has 1 rings (SSSR count). The molecule has 0 aromatic carbocycles. The van der Waals surface area contributed by atoms with Crippen molar-refractivity contribution < 1.29 is 0 Å². The Morgan fingerprint density at radius 3 is 2.32 bits per heavy atom. The number of rotatable bonds is 6. The average Bonchev–Trinajstić information content (AvgIpc) is 2.67. The van der Waals surface area contributed by atoms with Gasteiger partial charge < -0.3 is 5.32 Å². The minimum absolute atomic E-state index is 0.137. The van der Waals surface area contributed by atoms with Crippen molar-refractivity contribution >= 4 is 11.3 Å². The molecule has 0 spiro atoms. The molecule has 0 aliphatic heterocycles. The lowest BCUT2D eigenvalue weighted by molar-refractivity contribution is 0.519. The second-order valence-electron chi connectivity index (χ2n) is 6.92. The lowest BCUT2D eigenvalue weighted by atomic mass is 9.91. The van der Waals surface area contributed by atoms with Crippen LogP contribution in [0.2, 0.25) is 0 Å². The summed E-state index contributed by atoms with van der Waals surface area (Å²) in [5.41, 5.74) is 1.42. The molecule has 110 valence electrons. The number of hydrogen-bond donors (Lipinski definition) is 1. The van der Waals surface area contributed by atoms with Crippen LogP contribution < -0.4 is 5.32 Å². The monoisotopic (exact) mass is 282 g/mol. The highest BCUT2D eigenvalue weighted by Gasteiger charge is 2.23. The van der Waals surface area contributed by atoms with Gasteiger partial charge in [0, 0.05) is 29.3 Å². The van der Waals surface area contributed by atoms with Gasteiger partial charge in [0.2, 0.25) is 0 Å². The largest absolute Gasteiger partial charge is 0.309 e. The molecule has 0 aliphatic carbocycles. The van der Waals surface area contributed by atoms with E-state index in [9.17, 15) is 0 Å². The summed E-state index contributed by atoms with van der Waals surface area (Å²) in [5.74, 6) is 0.675. The van der Waals surface area contributed by atoms with Crippen LogP contribution in [0.1, 0.15) is 70.5 Å². The highest BCUT2D eigenvalue weighted by Crippen LogP contribution is 2.30. The molecule has 0 radical (unpaired) electrons. The Labute approximate surface area is 123 Å². The van der Waals surface area contributed by atoms with Crippen molar-refractivity contribution in [2.45, 2.75) is 79.3 Å². The molecule has 0 fully saturated rings. The molecule has 1 atom stereocenters. The lowest BCUT2D eigenvalue weighted by Crippen LogP contribution is -2.25. The van der Waals surface area contributed by atoms with Crippen LogP contribution in [-0.2, 0) is 18.4 Å². The maximum atomic E-state index is 4.90. The van der Waals surface area contributed by atoms with Crippen LogP contribution >= 0.6 is 11.3 Å². The van der Waals surface area contributed by atoms with Crippen molar-refractivity contribution in [1.29, 1.82) is 0 Å². The van der Waals surface area contributed by atoms with Crippen LogP contribution in [0.5, 0.6) is 0 Å². The fourth-order valence-corrected chi connectivity index (χ4v) is 3.40. The Bertz CT molecular complexity index is 388. The zero-order valence-corrected chi connectivity index (χ0v) is 14.4. The van der Waals surface area contributed by atoms with Gasteiger partial charge in [-0.25, -0.2) is 4.98 Å². The van der Waals surface area contributed by atoms with Crippen molar-refractivity contribution in [1.82, 2.24) is 10.3 Å². The van der Waals surface area contributed by atoms with Gasteiger partial charge in [-0.3, -0.25) is 0 Å². The van der Waals surface area contributed by atoms with Crippen LogP contribution in [0.25, 0.3) is 0 Å². The molecule has 1 unspecified atom stereocenters. The third-order valence-electron chi connectivity index (χ3n) is 3.26. The highest BCUT2D eigenvalue weighted by molar-refractivity contribution is 7.11. The number of hydrogen-bond acceptors (Lipinski definition) is 3. The normalized spacial score (nSPS) is 14.1. The van der Waals surface area contributed by atoms with Crippen molar-refractivity contribution in [3.05, 3.63) is 15.6 Å².